The van der Waals surface area contributed by atoms with Gasteiger partial charge >= 0.3 is 0 Å². The van der Waals surface area contributed by atoms with E-state index in [2.05, 4.69) is 34.5 Å². The normalized spacial score (nSPS) is 11.7. The van der Waals surface area contributed by atoms with E-state index in [4.69, 9.17) is 11.6 Å². The van der Waals surface area contributed by atoms with Crippen molar-refractivity contribution < 1.29 is 8.42 Å². The van der Waals surface area contributed by atoms with E-state index in [-0.39, 0.29) is 4.90 Å². The van der Waals surface area contributed by atoms with Gasteiger partial charge < -0.3 is 0 Å². The van der Waals surface area contributed by atoms with Crippen LogP contribution in [0.5, 0.6) is 0 Å². The highest BCUT2D eigenvalue weighted by atomic mass is 79.9. The lowest BCUT2D eigenvalue weighted by atomic mass is 10.0. The largest absolute Gasteiger partial charge is 0.280 e. The Labute approximate surface area is 144 Å². The predicted molar refractivity (Wildman–Crippen MR) is 94.9 cm³/mol. The smallest absolute Gasteiger partial charge is 0.261 e. The summed E-state index contributed by atoms with van der Waals surface area (Å²) in [6.45, 7) is 4.26. The van der Waals surface area contributed by atoms with Crippen LogP contribution in [0.1, 0.15) is 19.4 Å². The number of benzene rings is 2. The van der Waals surface area contributed by atoms with Gasteiger partial charge in [-0.15, -0.1) is 0 Å². The molecule has 0 fully saturated rings. The van der Waals surface area contributed by atoms with Crippen LogP contribution in [0.2, 0.25) is 5.02 Å². The second kappa shape index (κ2) is 7.02. The van der Waals surface area contributed by atoms with Crippen molar-refractivity contribution in [3.63, 3.8) is 0 Å². The van der Waals surface area contributed by atoms with Crippen molar-refractivity contribution >= 4 is 43.2 Å². The van der Waals surface area contributed by atoms with Crippen LogP contribution < -0.4 is 4.72 Å². The standard InChI is InChI=1S/C16H17BrClNO2S/c1-11(2)9-12-3-6-14(7-4-12)22(20,21)19-13-5-8-15(17)16(18)10-13/h3-8,10-11,19H,9H2,1-2H3. The monoisotopic (exact) mass is 401 g/mol. The number of hydrogen-bond donors (Lipinski definition) is 1. The van der Waals surface area contributed by atoms with E-state index >= 15 is 0 Å². The van der Waals surface area contributed by atoms with E-state index < -0.39 is 10.0 Å². The first-order valence-electron chi connectivity index (χ1n) is 6.85. The van der Waals surface area contributed by atoms with Gasteiger partial charge in [0.2, 0.25) is 0 Å². The highest BCUT2D eigenvalue weighted by Gasteiger charge is 2.14. The van der Waals surface area contributed by atoms with Crippen LogP contribution in [-0.2, 0) is 16.4 Å². The lowest BCUT2D eigenvalue weighted by Gasteiger charge is -2.10. The molecule has 0 bridgehead atoms. The SMILES string of the molecule is CC(C)Cc1ccc(S(=O)(=O)Nc2ccc(Br)c(Cl)c2)cc1. The summed E-state index contributed by atoms with van der Waals surface area (Å²) in [5.41, 5.74) is 1.56. The number of sulfonamides is 1. The minimum atomic E-state index is -3.61. The van der Waals surface area contributed by atoms with Crippen molar-refractivity contribution in [1.29, 1.82) is 0 Å². The van der Waals surface area contributed by atoms with Gasteiger partial charge in [-0.05, 0) is 64.2 Å². The summed E-state index contributed by atoms with van der Waals surface area (Å²) in [6, 6.07) is 11.9. The first kappa shape index (κ1) is 17.3. The van der Waals surface area contributed by atoms with Crippen molar-refractivity contribution in [2.24, 2.45) is 5.92 Å². The molecule has 2 aromatic rings. The lowest BCUT2D eigenvalue weighted by molar-refractivity contribution is 0.601. The lowest BCUT2D eigenvalue weighted by Crippen LogP contribution is -2.13. The van der Waals surface area contributed by atoms with E-state index in [9.17, 15) is 8.42 Å². The van der Waals surface area contributed by atoms with Crippen LogP contribution >= 0.6 is 27.5 Å². The molecular formula is C16H17BrClNO2S. The van der Waals surface area contributed by atoms with Gasteiger partial charge in [0, 0.05) is 4.47 Å². The van der Waals surface area contributed by atoms with Gasteiger partial charge in [0.1, 0.15) is 0 Å². The van der Waals surface area contributed by atoms with Gasteiger partial charge in [0.25, 0.3) is 10.0 Å². The molecule has 0 heterocycles. The van der Waals surface area contributed by atoms with E-state index in [0.29, 0.717) is 16.6 Å². The van der Waals surface area contributed by atoms with Crippen LogP contribution in [0.15, 0.2) is 51.8 Å². The maximum Gasteiger partial charge on any atom is 0.261 e. The number of nitrogens with one attached hydrogen (secondary N) is 1. The van der Waals surface area contributed by atoms with Gasteiger partial charge in [0.15, 0.2) is 0 Å². The topological polar surface area (TPSA) is 46.2 Å². The summed E-state index contributed by atoms with van der Waals surface area (Å²) in [5.74, 6) is 0.533. The third kappa shape index (κ3) is 4.48. The summed E-state index contributed by atoms with van der Waals surface area (Å²) in [5, 5.41) is 0.451. The third-order valence-corrected chi connectivity index (χ3v) is 5.68. The van der Waals surface area contributed by atoms with E-state index in [1.54, 1.807) is 30.3 Å². The van der Waals surface area contributed by atoms with Crippen molar-refractivity contribution in [1.82, 2.24) is 0 Å². The van der Waals surface area contributed by atoms with Gasteiger partial charge in [0.05, 0.1) is 15.6 Å². The Hall–Kier alpha value is -1.04. The first-order valence-corrected chi connectivity index (χ1v) is 9.50. The van der Waals surface area contributed by atoms with E-state index in [1.807, 2.05) is 12.1 Å². The summed E-state index contributed by atoms with van der Waals surface area (Å²) in [6.07, 6.45) is 0.927. The van der Waals surface area contributed by atoms with Crippen LogP contribution in [0, 0.1) is 5.92 Å². The van der Waals surface area contributed by atoms with Crippen molar-refractivity contribution in [2.75, 3.05) is 4.72 Å². The molecule has 0 aliphatic heterocycles. The zero-order chi connectivity index (χ0) is 16.3. The molecule has 0 unspecified atom stereocenters. The molecule has 6 heteroatoms. The Morgan fingerprint density at radius 3 is 2.32 bits per heavy atom. The predicted octanol–water partition coefficient (Wildman–Crippen LogP) is 5.10. The maximum atomic E-state index is 12.4. The minimum absolute atomic E-state index is 0.235. The molecule has 2 rings (SSSR count). The van der Waals surface area contributed by atoms with Gasteiger partial charge in [-0.2, -0.15) is 0 Å². The molecule has 0 saturated carbocycles. The molecular weight excluding hydrogens is 386 g/mol. The molecule has 0 atom stereocenters. The highest BCUT2D eigenvalue weighted by molar-refractivity contribution is 9.10. The fourth-order valence-corrected chi connectivity index (χ4v) is 3.53. The molecule has 0 aromatic heterocycles. The van der Waals surface area contributed by atoms with E-state index in [0.717, 1.165) is 16.5 Å². The summed E-state index contributed by atoms with van der Waals surface area (Å²) in [7, 11) is -3.61. The Balaban J connectivity index is 2.20. The zero-order valence-corrected chi connectivity index (χ0v) is 15.5. The molecule has 0 radical (unpaired) electrons. The zero-order valence-electron chi connectivity index (χ0n) is 12.3. The highest BCUT2D eigenvalue weighted by Crippen LogP contribution is 2.27. The second-order valence-electron chi connectivity index (χ2n) is 5.48. The average Bonchev–Trinajstić information content (AvgIpc) is 2.42. The Morgan fingerprint density at radius 2 is 1.77 bits per heavy atom. The molecule has 3 nitrogen and oxygen atoms in total. The molecule has 1 N–H and O–H groups in total. The van der Waals surface area contributed by atoms with Crippen molar-refractivity contribution in [2.45, 2.75) is 25.2 Å². The minimum Gasteiger partial charge on any atom is -0.280 e. The quantitative estimate of drug-likeness (QED) is 0.756. The Kier molecular flexibility index (Phi) is 5.53. The number of rotatable bonds is 5. The second-order valence-corrected chi connectivity index (χ2v) is 8.42. The Morgan fingerprint density at radius 1 is 1.14 bits per heavy atom. The Bertz CT molecular complexity index is 758. The number of hydrogen-bond acceptors (Lipinski definition) is 2. The van der Waals surface area contributed by atoms with Crippen LogP contribution in [0.4, 0.5) is 5.69 Å². The van der Waals surface area contributed by atoms with Crippen molar-refractivity contribution in [3.05, 3.63) is 57.5 Å². The van der Waals surface area contributed by atoms with Crippen LogP contribution in [-0.4, -0.2) is 8.42 Å². The van der Waals surface area contributed by atoms with Crippen molar-refractivity contribution in [3.8, 4) is 0 Å². The fourth-order valence-electron chi connectivity index (χ4n) is 2.05. The summed E-state index contributed by atoms with van der Waals surface area (Å²) >= 11 is 9.25. The summed E-state index contributed by atoms with van der Waals surface area (Å²) < 4.78 is 28.0. The van der Waals surface area contributed by atoms with Crippen LogP contribution in [0.25, 0.3) is 0 Å². The van der Waals surface area contributed by atoms with Gasteiger partial charge in [-0.25, -0.2) is 8.42 Å². The van der Waals surface area contributed by atoms with Gasteiger partial charge in [-0.3, -0.25) is 4.72 Å². The third-order valence-electron chi connectivity index (χ3n) is 3.05. The molecule has 0 aliphatic carbocycles. The molecule has 22 heavy (non-hydrogen) atoms. The maximum absolute atomic E-state index is 12.4. The fraction of sp³-hybridized carbons (Fsp3) is 0.250. The molecule has 0 spiro atoms. The molecule has 0 saturated heterocycles. The molecule has 0 aliphatic rings. The summed E-state index contributed by atoms with van der Waals surface area (Å²) in [4.78, 5) is 0.235. The molecule has 118 valence electrons. The number of anilines is 1. The molecule has 2 aromatic carbocycles. The average molecular weight is 403 g/mol. The van der Waals surface area contributed by atoms with Gasteiger partial charge in [-0.1, -0.05) is 37.6 Å². The number of halogens is 2. The molecule has 0 amide bonds. The van der Waals surface area contributed by atoms with Crippen LogP contribution in [0.3, 0.4) is 0 Å². The first-order chi connectivity index (χ1) is 10.3. The van der Waals surface area contributed by atoms with E-state index in [1.165, 1.54) is 0 Å².